The molecule has 0 spiro atoms. The van der Waals surface area contributed by atoms with Crippen molar-refractivity contribution in [2.45, 2.75) is 90.5 Å². The van der Waals surface area contributed by atoms with Gasteiger partial charge in [0.25, 0.3) is 0 Å². The fraction of sp³-hybridized carbons (Fsp3) is 1.00. The van der Waals surface area contributed by atoms with Gasteiger partial charge in [-0.3, -0.25) is 0 Å². The summed E-state index contributed by atoms with van der Waals surface area (Å²) in [6.45, 7) is 11.0. The molecule has 0 heterocycles. The molecular weight excluding hydrogens is 256 g/mol. The van der Waals surface area contributed by atoms with Crippen LogP contribution in [0.15, 0.2) is 0 Å². The Morgan fingerprint density at radius 1 is 1.00 bits per heavy atom. The zero-order chi connectivity index (χ0) is 14.3. The summed E-state index contributed by atoms with van der Waals surface area (Å²) in [5.41, 5.74) is 0. The molecule has 0 aromatic carbocycles. The van der Waals surface area contributed by atoms with E-state index in [4.69, 9.17) is 9.47 Å². The van der Waals surface area contributed by atoms with Crippen molar-refractivity contribution in [3.05, 3.63) is 0 Å². The molecule has 1 saturated carbocycles. The van der Waals surface area contributed by atoms with Crippen molar-refractivity contribution in [1.82, 2.24) is 0 Å². The van der Waals surface area contributed by atoms with Gasteiger partial charge >= 0.3 is 0 Å². The second-order valence-corrected chi connectivity index (χ2v) is 7.95. The highest BCUT2D eigenvalue weighted by Crippen LogP contribution is 2.25. The van der Waals surface area contributed by atoms with Crippen molar-refractivity contribution in [2.75, 3.05) is 5.75 Å². The Kier molecular flexibility index (Phi) is 8.43. The Labute approximate surface area is 124 Å². The molecule has 1 aliphatic rings. The minimum atomic E-state index is -0.0362. The van der Waals surface area contributed by atoms with Gasteiger partial charge in [-0.15, -0.1) is 0 Å². The Morgan fingerprint density at radius 3 is 2.16 bits per heavy atom. The predicted octanol–water partition coefficient (Wildman–Crippen LogP) is 4.86. The van der Waals surface area contributed by atoms with Crippen molar-refractivity contribution in [1.29, 1.82) is 0 Å². The van der Waals surface area contributed by atoms with E-state index in [-0.39, 0.29) is 12.4 Å². The van der Waals surface area contributed by atoms with Crippen LogP contribution in [0.1, 0.15) is 66.7 Å². The minimum absolute atomic E-state index is 0.0362. The number of hydrogen-bond acceptors (Lipinski definition) is 3. The minimum Gasteiger partial charge on any atom is -0.349 e. The molecule has 19 heavy (non-hydrogen) atoms. The normalized spacial score (nSPS) is 21.0. The summed E-state index contributed by atoms with van der Waals surface area (Å²) in [4.78, 5) is 0. The number of hydrogen-bond donors (Lipinski definition) is 0. The second-order valence-electron chi connectivity index (χ2n) is 6.34. The first-order valence-corrected chi connectivity index (χ1v) is 8.96. The Bertz CT molecular complexity index is 225. The van der Waals surface area contributed by atoms with Crippen LogP contribution < -0.4 is 0 Å². The molecule has 0 saturated heterocycles. The largest absolute Gasteiger partial charge is 0.349 e. The lowest BCUT2D eigenvalue weighted by molar-refractivity contribution is -0.211. The lowest BCUT2D eigenvalue weighted by atomic mass is 9.97. The van der Waals surface area contributed by atoms with E-state index < -0.39 is 0 Å². The maximum Gasteiger partial charge on any atom is 0.160 e. The van der Waals surface area contributed by atoms with Gasteiger partial charge < -0.3 is 9.47 Å². The summed E-state index contributed by atoms with van der Waals surface area (Å²) in [6, 6.07) is 0. The van der Waals surface area contributed by atoms with Crippen LogP contribution in [0.25, 0.3) is 0 Å². The van der Waals surface area contributed by atoms with Gasteiger partial charge in [0, 0.05) is 11.7 Å². The third kappa shape index (κ3) is 7.57. The van der Waals surface area contributed by atoms with E-state index >= 15 is 0 Å². The molecule has 2 atom stereocenters. The summed E-state index contributed by atoms with van der Waals surface area (Å²) in [5.74, 6) is 1.47. The molecule has 2 unspecified atom stereocenters. The maximum absolute atomic E-state index is 6.20. The molecule has 0 amide bonds. The smallest absolute Gasteiger partial charge is 0.160 e. The first kappa shape index (κ1) is 17.3. The molecule has 0 bridgehead atoms. The van der Waals surface area contributed by atoms with Crippen molar-refractivity contribution in [3.8, 4) is 0 Å². The molecule has 1 rings (SSSR count). The van der Waals surface area contributed by atoms with Crippen molar-refractivity contribution >= 4 is 11.8 Å². The topological polar surface area (TPSA) is 18.5 Å². The van der Waals surface area contributed by atoms with E-state index in [9.17, 15) is 0 Å². The van der Waals surface area contributed by atoms with E-state index in [0.29, 0.717) is 17.3 Å². The van der Waals surface area contributed by atoms with Crippen LogP contribution in [0.5, 0.6) is 0 Å². The molecule has 0 radical (unpaired) electrons. The SMILES string of the molecule is CC(CSC(C)C)OC(OC1CCCCC1)C(C)C. The third-order valence-corrected chi connectivity index (χ3v) is 4.78. The highest BCUT2D eigenvalue weighted by Gasteiger charge is 2.23. The van der Waals surface area contributed by atoms with Gasteiger partial charge in [0.15, 0.2) is 6.29 Å². The van der Waals surface area contributed by atoms with Crippen molar-refractivity contribution in [3.63, 3.8) is 0 Å². The average molecular weight is 288 g/mol. The molecule has 0 N–H and O–H groups in total. The van der Waals surface area contributed by atoms with Gasteiger partial charge in [-0.1, -0.05) is 47.0 Å². The van der Waals surface area contributed by atoms with E-state index in [1.54, 1.807) is 0 Å². The molecule has 1 fully saturated rings. The number of rotatable bonds is 8. The van der Waals surface area contributed by atoms with E-state index in [2.05, 4.69) is 34.6 Å². The molecule has 114 valence electrons. The Hall–Kier alpha value is 0.270. The fourth-order valence-corrected chi connectivity index (χ4v) is 3.07. The summed E-state index contributed by atoms with van der Waals surface area (Å²) < 4.78 is 12.3. The summed E-state index contributed by atoms with van der Waals surface area (Å²) in [5, 5.41) is 0.669. The van der Waals surface area contributed by atoms with E-state index in [1.165, 1.54) is 32.1 Å². The van der Waals surface area contributed by atoms with Crippen LogP contribution in [0.2, 0.25) is 0 Å². The number of thioether (sulfide) groups is 1. The first-order chi connectivity index (χ1) is 8.99. The maximum atomic E-state index is 6.20. The second kappa shape index (κ2) is 9.25. The molecule has 2 nitrogen and oxygen atoms in total. The average Bonchev–Trinajstić information content (AvgIpc) is 2.36. The van der Waals surface area contributed by atoms with Crippen LogP contribution >= 0.6 is 11.8 Å². The highest BCUT2D eigenvalue weighted by molar-refractivity contribution is 7.99. The number of ether oxygens (including phenoxy) is 2. The molecular formula is C16H32O2S. The standard InChI is InChI=1S/C16H32O2S/c1-12(2)16(17-14(5)11-19-13(3)4)18-15-9-7-6-8-10-15/h12-16H,6-11H2,1-5H3. The van der Waals surface area contributed by atoms with Crippen LogP contribution in [-0.4, -0.2) is 29.5 Å². The summed E-state index contributed by atoms with van der Waals surface area (Å²) in [6.07, 6.45) is 7.07. The van der Waals surface area contributed by atoms with Gasteiger partial charge in [0.05, 0.1) is 12.2 Å². The summed E-state index contributed by atoms with van der Waals surface area (Å²) >= 11 is 1.96. The molecule has 1 aliphatic carbocycles. The predicted molar refractivity (Wildman–Crippen MR) is 84.7 cm³/mol. The van der Waals surface area contributed by atoms with Gasteiger partial charge in [-0.25, -0.2) is 0 Å². The quantitative estimate of drug-likeness (QED) is 0.594. The first-order valence-electron chi connectivity index (χ1n) is 7.91. The van der Waals surface area contributed by atoms with Crippen LogP contribution in [0.4, 0.5) is 0 Å². The molecule has 0 aromatic rings. The zero-order valence-electron chi connectivity index (χ0n) is 13.4. The van der Waals surface area contributed by atoms with Crippen LogP contribution in [-0.2, 0) is 9.47 Å². The monoisotopic (exact) mass is 288 g/mol. The molecule has 0 aliphatic heterocycles. The Balaban J connectivity index is 2.34. The summed E-state index contributed by atoms with van der Waals surface area (Å²) in [7, 11) is 0. The van der Waals surface area contributed by atoms with E-state index in [1.807, 2.05) is 11.8 Å². The molecule has 3 heteroatoms. The lowest BCUT2D eigenvalue weighted by Gasteiger charge is -2.31. The zero-order valence-corrected chi connectivity index (χ0v) is 14.2. The van der Waals surface area contributed by atoms with Crippen molar-refractivity contribution in [2.24, 2.45) is 5.92 Å². The fourth-order valence-electron chi connectivity index (χ4n) is 2.33. The van der Waals surface area contributed by atoms with Gasteiger partial charge in [-0.2, -0.15) is 11.8 Å². The van der Waals surface area contributed by atoms with E-state index in [0.717, 1.165) is 5.75 Å². The van der Waals surface area contributed by atoms with Crippen LogP contribution in [0.3, 0.4) is 0 Å². The van der Waals surface area contributed by atoms with Gasteiger partial charge in [-0.05, 0) is 25.0 Å². The third-order valence-electron chi connectivity index (χ3n) is 3.45. The van der Waals surface area contributed by atoms with Crippen LogP contribution in [0, 0.1) is 5.92 Å². The Morgan fingerprint density at radius 2 is 1.63 bits per heavy atom. The van der Waals surface area contributed by atoms with Gasteiger partial charge in [0.1, 0.15) is 0 Å². The molecule has 0 aromatic heterocycles. The van der Waals surface area contributed by atoms with Gasteiger partial charge in [0.2, 0.25) is 0 Å². The lowest BCUT2D eigenvalue weighted by Crippen LogP contribution is -2.33. The highest BCUT2D eigenvalue weighted by atomic mass is 32.2. The van der Waals surface area contributed by atoms with Crippen molar-refractivity contribution < 1.29 is 9.47 Å².